The Bertz CT molecular complexity index is 718. The molecule has 3 rings (SSSR count). The van der Waals surface area contributed by atoms with E-state index >= 15 is 0 Å². The van der Waals surface area contributed by atoms with Gasteiger partial charge in [0.2, 0.25) is 0 Å². The van der Waals surface area contributed by atoms with Gasteiger partial charge in [-0.2, -0.15) is 0 Å². The third kappa shape index (κ3) is 3.70. The van der Waals surface area contributed by atoms with Gasteiger partial charge in [-0.15, -0.1) is 0 Å². The maximum atomic E-state index is 6.32. The Balaban J connectivity index is 1.94. The van der Waals surface area contributed by atoms with E-state index in [1.165, 1.54) is 5.57 Å². The van der Waals surface area contributed by atoms with Crippen LogP contribution < -0.4 is 10.4 Å². The largest absolute Gasteiger partial charge is 0.385 e. The number of nitrogens with zero attached hydrogens (tertiary/aromatic N) is 1. The van der Waals surface area contributed by atoms with Crippen LogP contribution in [0.5, 0.6) is 0 Å². The number of para-hydroxylation sites is 1. The molecule has 3 nitrogen and oxygen atoms in total. The summed E-state index contributed by atoms with van der Waals surface area (Å²) in [6, 6.07) is 15.8. The van der Waals surface area contributed by atoms with E-state index in [0.29, 0.717) is 11.6 Å². The number of hydrazine groups is 1. The zero-order valence-corrected chi connectivity index (χ0v) is 14.3. The van der Waals surface area contributed by atoms with Crippen molar-refractivity contribution in [2.75, 3.05) is 18.7 Å². The minimum atomic E-state index is 0.143. The first-order valence-electron chi connectivity index (χ1n) is 7.45. The summed E-state index contributed by atoms with van der Waals surface area (Å²) in [5, 5.41) is 3.40. The number of methoxy groups -OCH3 is 1. The minimum Gasteiger partial charge on any atom is -0.385 e. The van der Waals surface area contributed by atoms with Crippen LogP contribution in [0, 0.1) is 0 Å². The van der Waals surface area contributed by atoms with Gasteiger partial charge in [-0.25, -0.2) is 5.43 Å². The van der Waals surface area contributed by atoms with Gasteiger partial charge in [-0.05, 0) is 41.8 Å². The fraction of sp³-hybridized carbons (Fsp3) is 0.222. The van der Waals surface area contributed by atoms with E-state index < -0.39 is 0 Å². The van der Waals surface area contributed by atoms with Crippen LogP contribution in [0.25, 0.3) is 5.57 Å². The Morgan fingerprint density at radius 1 is 1.13 bits per heavy atom. The number of anilines is 1. The Kier molecular flexibility index (Phi) is 5.23. The van der Waals surface area contributed by atoms with E-state index in [4.69, 9.17) is 27.9 Å². The molecule has 1 aliphatic heterocycles. The lowest BCUT2D eigenvalue weighted by atomic mass is 9.99. The molecule has 0 bridgehead atoms. The molecule has 0 saturated heterocycles. The summed E-state index contributed by atoms with van der Waals surface area (Å²) in [5.41, 5.74) is 6.68. The topological polar surface area (TPSA) is 24.5 Å². The Morgan fingerprint density at radius 3 is 2.70 bits per heavy atom. The Morgan fingerprint density at radius 2 is 1.96 bits per heavy atom. The molecular formula is C18H18Cl2N2O. The second-order valence-electron chi connectivity index (χ2n) is 5.38. The fourth-order valence-corrected chi connectivity index (χ4v) is 3.11. The van der Waals surface area contributed by atoms with Crippen LogP contribution >= 0.6 is 23.2 Å². The van der Waals surface area contributed by atoms with E-state index in [-0.39, 0.29) is 6.04 Å². The predicted molar refractivity (Wildman–Crippen MR) is 96.8 cm³/mol. The van der Waals surface area contributed by atoms with E-state index in [9.17, 15) is 0 Å². The molecule has 1 unspecified atom stereocenters. The van der Waals surface area contributed by atoms with E-state index in [1.54, 1.807) is 7.11 Å². The number of benzene rings is 2. The van der Waals surface area contributed by atoms with Gasteiger partial charge in [0.15, 0.2) is 0 Å². The molecule has 1 atom stereocenters. The maximum Gasteiger partial charge on any atom is 0.0757 e. The first-order valence-corrected chi connectivity index (χ1v) is 8.21. The summed E-state index contributed by atoms with van der Waals surface area (Å²) in [4.78, 5) is 0. The highest BCUT2D eigenvalue weighted by molar-refractivity contribution is 6.33. The maximum absolute atomic E-state index is 6.32. The van der Waals surface area contributed by atoms with Crippen molar-refractivity contribution in [3.8, 4) is 0 Å². The standard InChI is InChI=1S/C18H18Cl2N2O/c1-23-10-9-17-15(13-5-4-6-14(19)11-13)12-22(21-17)18-8-3-2-7-16(18)20/h2-8,11-12,17,21H,9-10H2,1H3. The molecule has 0 amide bonds. The van der Waals surface area contributed by atoms with Gasteiger partial charge in [-0.3, -0.25) is 5.01 Å². The quantitative estimate of drug-likeness (QED) is 0.842. The van der Waals surface area contributed by atoms with Crippen molar-refractivity contribution < 1.29 is 4.74 Å². The molecular weight excluding hydrogens is 331 g/mol. The molecule has 0 saturated carbocycles. The summed E-state index contributed by atoms with van der Waals surface area (Å²) >= 11 is 12.5. The molecule has 0 spiro atoms. The van der Waals surface area contributed by atoms with Crippen molar-refractivity contribution in [1.82, 2.24) is 5.43 Å². The molecule has 1 N–H and O–H groups in total. The average molecular weight is 349 g/mol. The molecule has 120 valence electrons. The van der Waals surface area contributed by atoms with Crippen LogP contribution in [0.2, 0.25) is 10.0 Å². The first-order chi connectivity index (χ1) is 11.2. The van der Waals surface area contributed by atoms with E-state index in [0.717, 1.165) is 22.7 Å². The lowest BCUT2D eigenvalue weighted by molar-refractivity contribution is 0.189. The molecule has 0 fully saturated rings. The van der Waals surface area contributed by atoms with Crippen LogP contribution in [-0.2, 0) is 4.74 Å². The van der Waals surface area contributed by atoms with Crippen molar-refractivity contribution in [1.29, 1.82) is 0 Å². The zero-order chi connectivity index (χ0) is 16.2. The second kappa shape index (κ2) is 7.37. The molecule has 1 heterocycles. The van der Waals surface area contributed by atoms with Crippen LogP contribution in [-0.4, -0.2) is 19.8 Å². The van der Waals surface area contributed by atoms with Crippen LogP contribution in [0.4, 0.5) is 5.69 Å². The van der Waals surface area contributed by atoms with Gasteiger partial charge in [0.05, 0.1) is 16.8 Å². The minimum absolute atomic E-state index is 0.143. The number of rotatable bonds is 5. The second-order valence-corrected chi connectivity index (χ2v) is 6.22. The average Bonchev–Trinajstić information content (AvgIpc) is 2.97. The molecule has 1 aliphatic rings. The van der Waals surface area contributed by atoms with E-state index in [2.05, 4.69) is 17.7 Å². The molecule has 2 aromatic carbocycles. The SMILES string of the molecule is COCCC1NN(c2ccccc2Cl)C=C1c1cccc(Cl)c1. The fourth-order valence-electron chi connectivity index (χ4n) is 2.69. The predicted octanol–water partition coefficient (Wildman–Crippen LogP) is 4.76. The van der Waals surface area contributed by atoms with Crippen LogP contribution in [0.15, 0.2) is 54.7 Å². The van der Waals surface area contributed by atoms with Gasteiger partial charge in [-0.1, -0.05) is 47.5 Å². The number of halogens is 2. The highest BCUT2D eigenvalue weighted by atomic mass is 35.5. The summed E-state index contributed by atoms with van der Waals surface area (Å²) in [7, 11) is 1.71. The molecule has 0 aromatic heterocycles. The van der Waals surface area contributed by atoms with Crippen molar-refractivity contribution in [3.05, 3.63) is 70.3 Å². The van der Waals surface area contributed by atoms with Gasteiger partial charge in [0.25, 0.3) is 0 Å². The van der Waals surface area contributed by atoms with Crippen LogP contribution in [0.1, 0.15) is 12.0 Å². The smallest absolute Gasteiger partial charge is 0.0757 e. The highest BCUT2D eigenvalue weighted by Gasteiger charge is 2.26. The van der Waals surface area contributed by atoms with Crippen molar-refractivity contribution >= 4 is 34.5 Å². The molecule has 0 aliphatic carbocycles. The van der Waals surface area contributed by atoms with Crippen molar-refractivity contribution in [2.24, 2.45) is 0 Å². The number of nitrogens with one attached hydrogen (secondary N) is 1. The summed E-state index contributed by atoms with van der Waals surface area (Å²) in [6.07, 6.45) is 2.93. The van der Waals surface area contributed by atoms with Crippen LogP contribution in [0.3, 0.4) is 0 Å². The molecule has 5 heteroatoms. The normalized spacial score (nSPS) is 17.4. The molecule has 0 radical (unpaired) electrons. The summed E-state index contributed by atoms with van der Waals surface area (Å²) < 4.78 is 5.24. The van der Waals surface area contributed by atoms with Gasteiger partial charge in [0.1, 0.15) is 0 Å². The zero-order valence-electron chi connectivity index (χ0n) is 12.8. The van der Waals surface area contributed by atoms with Gasteiger partial charge in [0, 0.05) is 24.9 Å². The van der Waals surface area contributed by atoms with Crippen molar-refractivity contribution in [2.45, 2.75) is 12.5 Å². The third-order valence-corrected chi connectivity index (χ3v) is 4.37. The third-order valence-electron chi connectivity index (χ3n) is 3.82. The monoisotopic (exact) mass is 348 g/mol. The summed E-state index contributed by atoms with van der Waals surface area (Å²) in [6.45, 7) is 0.673. The van der Waals surface area contributed by atoms with E-state index in [1.807, 2.05) is 47.5 Å². The lowest BCUT2D eigenvalue weighted by Crippen LogP contribution is -2.36. The highest BCUT2D eigenvalue weighted by Crippen LogP contribution is 2.33. The summed E-state index contributed by atoms with van der Waals surface area (Å²) in [5.74, 6) is 0. The van der Waals surface area contributed by atoms with Gasteiger partial charge < -0.3 is 4.74 Å². The van der Waals surface area contributed by atoms with Crippen molar-refractivity contribution in [3.63, 3.8) is 0 Å². The Hall–Kier alpha value is -1.52. The molecule has 23 heavy (non-hydrogen) atoms. The first kappa shape index (κ1) is 16.3. The molecule has 2 aromatic rings. The Labute approximate surface area is 146 Å². The lowest BCUT2D eigenvalue weighted by Gasteiger charge is -2.21. The van der Waals surface area contributed by atoms with Gasteiger partial charge >= 0.3 is 0 Å². The number of hydrogen-bond acceptors (Lipinski definition) is 3. The number of hydrogen-bond donors (Lipinski definition) is 1. The number of ether oxygens (including phenoxy) is 1.